The maximum Gasteiger partial charge on any atom is 0.404 e. The van der Waals surface area contributed by atoms with Gasteiger partial charge in [0.1, 0.15) is 12.7 Å². The Hall–Kier alpha value is -0.810. The van der Waals surface area contributed by atoms with Gasteiger partial charge in [0.05, 0.1) is 6.61 Å². The van der Waals surface area contributed by atoms with Gasteiger partial charge in [0.15, 0.2) is 5.79 Å². The van der Waals surface area contributed by atoms with Crippen molar-refractivity contribution in [3.8, 4) is 0 Å². The van der Waals surface area contributed by atoms with E-state index in [-0.39, 0.29) is 12.7 Å². The van der Waals surface area contributed by atoms with E-state index in [4.69, 9.17) is 19.9 Å². The predicted octanol–water partition coefficient (Wildman–Crippen LogP) is 1.79. The molecule has 1 fully saturated rings. The van der Waals surface area contributed by atoms with Gasteiger partial charge < -0.3 is 19.9 Å². The third-order valence-corrected chi connectivity index (χ3v) is 2.59. The lowest BCUT2D eigenvalue weighted by molar-refractivity contribution is -0.180. The van der Waals surface area contributed by atoms with Crippen molar-refractivity contribution in [3.63, 3.8) is 0 Å². The highest BCUT2D eigenvalue weighted by molar-refractivity contribution is 5.64. The van der Waals surface area contributed by atoms with Crippen LogP contribution in [0.3, 0.4) is 0 Å². The number of primary amides is 1. The predicted molar refractivity (Wildman–Crippen MR) is 58.9 cm³/mol. The smallest absolute Gasteiger partial charge is 0.404 e. The molecular weight excluding hydrogens is 210 g/mol. The van der Waals surface area contributed by atoms with E-state index in [2.05, 4.69) is 13.8 Å². The molecule has 0 bridgehead atoms. The van der Waals surface area contributed by atoms with Crippen LogP contribution in [0, 0.1) is 0 Å². The fourth-order valence-electron chi connectivity index (χ4n) is 2.02. The van der Waals surface area contributed by atoms with Crippen molar-refractivity contribution in [1.82, 2.24) is 0 Å². The zero-order chi connectivity index (χ0) is 12.0. The molecule has 0 aliphatic carbocycles. The zero-order valence-electron chi connectivity index (χ0n) is 10.0. The Bertz CT molecular complexity index is 226. The van der Waals surface area contributed by atoms with E-state index in [0.717, 1.165) is 25.7 Å². The van der Waals surface area contributed by atoms with Crippen LogP contribution in [-0.2, 0) is 14.2 Å². The first-order chi connectivity index (χ1) is 7.62. The first kappa shape index (κ1) is 13.3. The number of hydrogen-bond donors (Lipinski definition) is 1. The van der Waals surface area contributed by atoms with Gasteiger partial charge in [0.2, 0.25) is 0 Å². The second-order valence-electron chi connectivity index (χ2n) is 4.09. The van der Waals surface area contributed by atoms with Crippen molar-refractivity contribution < 1.29 is 19.0 Å². The van der Waals surface area contributed by atoms with Crippen molar-refractivity contribution in [2.24, 2.45) is 5.73 Å². The average Bonchev–Trinajstić information content (AvgIpc) is 2.60. The second-order valence-corrected chi connectivity index (χ2v) is 4.09. The summed E-state index contributed by atoms with van der Waals surface area (Å²) in [4.78, 5) is 10.5. The summed E-state index contributed by atoms with van der Waals surface area (Å²) >= 11 is 0. The monoisotopic (exact) mass is 231 g/mol. The minimum atomic E-state index is -0.771. The molecule has 1 atom stereocenters. The Morgan fingerprint density at radius 1 is 1.44 bits per heavy atom. The van der Waals surface area contributed by atoms with Gasteiger partial charge >= 0.3 is 6.09 Å². The minimum absolute atomic E-state index is 0.171. The van der Waals surface area contributed by atoms with Crippen LogP contribution in [0.4, 0.5) is 4.79 Å². The van der Waals surface area contributed by atoms with Crippen molar-refractivity contribution in [2.75, 3.05) is 13.2 Å². The van der Waals surface area contributed by atoms with Crippen LogP contribution in [0.5, 0.6) is 0 Å². The summed E-state index contributed by atoms with van der Waals surface area (Å²) in [5.41, 5.74) is 4.90. The lowest BCUT2D eigenvalue weighted by Gasteiger charge is -2.27. The van der Waals surface area contributed by atoms with E-state index in [9.17, 15) is 4.79 Å². The molecule has 1 rings (SSSR count). The summed E-state index contributed by atoms with van der Waals surface area (Å²) in [6.07, 6.45) is 2.78. The topological polar surface area (TPSA) is 70.8 Å². The normalized spacial score (nSPS) is 23.2. The van der Waals surface area contributed by atoms with Gasteiger partial charge in [-0.2, -0.15) is 0 Å². The molecule has 1 unspecified atom stereocenters. The Morgan fingerprint density at radius 2 is 2.06 bits per heavy atom. The number of hydrogen-bond acceptors (Lipinski definition) is 4. The summed E-state index contributed by atoms with van der Waals surface area (Å²) < 4.78 is 16.2. The van der Waals surface area contributed by atoms with E-state index in [1.165, 1.54) is 0 Å². The lowest BCUT2D eigenvalue weighted by Crippen LogP contribution is -2.32. The molecule has 0 spiro atoms. The third kappa shape index (κ3) is 3.64. The molecule has 16 heavy (non-hydrogen) atoms. The first-order valence-corrected chi connectivity index (χ1v) is 5.86. The third-order valence-electron chi connectivity index (χ3n) is 2.59. The molecule has 1 saturated heterocycles. The molecule has 0 aromatic rings. The van der Waals surface area contributed by atoms with Gasteiger partial charge in [-0.05, 0) is 0 Å². The van der Waals surface area contributed by atoms with Crippen LogP contribution in [0.25, 0.3) is 0 Å². The van der Waals surface area contributed by atoms with Crippen LogP contribution in [0.2, 0.25) is 0 Å². The number of nitrogens with two attached hydrogens (primary N) is 1. The summed E-state index contributed by atoms with van der Waals surface area (Å²) in [6.45, 7) is 4.83. The van der Waals surface area contributed by atoms with Gasteiger partial charge in [0.25, 0.3) is 0 Å². The zero-order valence-corrected chi connectivity index (χ0v) is 10.0. The first-order valence-electron chi connectivity index (χ1n) is 5.86. The van der Waals surface area contributed by atoms with E-state index < -0.39 is 11.9 Å². The van der Waals surface area contributed by atoms with Crippen molar-refractivity contribution >= 4 is 6.09 Å². The Kier molecular flexibility index (Phi) is 5.02. The summed E-state index contributed by atoms with van der Waals surface area (Å²) in [5, 5.41) is 0. The fraction of sp³-hybridized carbons (Fsp3) is 0.909. The molecule has 5 nitrogen and oxygen atoms in total. The molecule has 1 aliphatic heterocycles. The summed E-state index contributed by atoms with van der Waals surface area (Å²) in [7, 11) is 0. The Labute approximate surface area is 96.2 Å². The number of ether oxygens (including phenoxy) is 3. The molecule has 0 radical (unpaired) electrons. The highest BCUT2D eigenvalue weighted by Gasteiger charge is 2.40. The van der Waals surface area contributed by atoms with Crippen LogP contribution >= 0.6 is 0 Å². The quantitative estimate of drug-likeness (QED) is 0.756. The van der Waals surface area contributed by atoms with Crippen molar-refractivity contribution in [1.29, 1.82) is 0 Å². The molecule has 0 aromatic carbocycles. The molecule has 0 saturated carbocycles. The fourth-order valence-corrected chi connectivity index (χ4v) is 2.02. The van der Waals surface area contributed by atoms with Gasteiger partial charge in [0, 0.05) is 12.8 Å². The van der Waals surface area contributed by atoms with Gasteiger partial charge in [-0.1, -0.05) is 26.7 Å². The van der Waals surface area contributed by atoms with E-state index in [1.54, 1.807) is 0 Å². The van der Waals surface area contributed by atoms with E-state index >= 15 is 0 Å². The number of carbonyl (C=O) groups excluding carboxylic acids is 1. The minimum Gasteiger partial charge on any atom is -0.447 e. The maximum atomic E-state index is 10.5. The van der Waals surface area contributed by atoms with Crippen LogP contribution < -0.4 is 5.73 Å². The van der Waals surface area contributed by atoms with Crippen LogP contribution in [0.1, 0.15) is 39.5 Å². The molecule has 1 amide bonds. The molecule has 2 N–H and O–H groups in total. The average molecular weight is 231 g/mol. The van der Waals surface area contributed by atoms with Crippen LogP contribution in [-0.4, -0.2) is 31.2 Å². The highest BCUT2D eigenvalue weighted by Crippen LogP contribution is 2.32. The van der Waals surface area contributed by atoms with Gasteiger partial charge in [-0.3, -0.25) is 0 Å². The SMILES string of the molecule is CCCC1(CCC)OCC(COC(N)=O)O1. The molecule has 1 heterocycles. The van der Waals surface area contributed by atoms with E-state index in [1.807, 2.05) is 0 Å². The summed E-state index contributed by atoms with van der Waals surface area (Å²) in [6, 6.07) is 0. The summed E-state index contributed by atoms with van der Waals surface area (Å²) in [5.74, 6) is -0.477. The molecule has 94 valence electrons. The molecular formula is C11H21NO4. The number of amides is 1. The number of carbonyl (C=O) groups is 1. The van der Waals surface area contributed by atoms with Gasteiger partial charge in [-0.15, -0.1) is 0 Å². The second kappa shape index (κ2) is 6.06. The lowest BCUT2D eigenvalue weighted by atomic mass is 10.1. The standard InChI is InChI=1S/C11H21NO4/c1-3-5-11(6-4-2)15-8-9(16-11)7-14-10(12)13/h9H,3-8H2,1-2H3,(H2,12,13). The Morgan fingerprint density at radius 3 is 2.56 bits per heavy atom. The molecule has 1 aliphatic rings. The van der Waals surface area contributed by atoms with Crippen molar-refractivity contribution in [2.45, 2.75) is 51.4 Å². The Balaban J connectivity index is 2.42. The number of rotatable bonds is 6. The van der Waals surface area contributed by atoms with Gasteiger partial charge in [-0.25, -0.2) is 4.79 Å². The maximum absolute atomic E-state index is 10.5. The van der Waals surface area contributed by atoms with Crippen LogP contribution in [0.15, 0.2) is 0 Å². The largest absolute Gasteiger partial charge is 0.447 e. The molecule has 5 heteroatoms. The molecule has 0 aromatic heterocycles. The van der Waals surface area contributed by atoms with E-state index in [0.29, 0.717) is 6.61 Å². The highest BCUT2D eigenvalue weighted by atomic mass is 16.8. The van der Waals surface area contributed by atoms with Crippen molar-refractivity contribution in [3.05, 3.63) is 0 Å².